The zero-order chi connectivity index (χ0) is 19.7. The van der Waals surface area contributed by atoms with E-state index >= 15 is 0 Å². The number of hydrogen-bond donors (Lipinski definition) is 0. The van der Waals surface area contributed by atoms with Gasteiger partial charge in [-0.1, -0.05) is 47.0 Å². The van der Waals surface area contributed by atoms with E-state index in [0.29, 0.717) is 0 Å². The van der Waals surface area contributed by atoms with Crippen LogP contribution in [0.3, 0.4) is 0 Å². The van der Waals surface area contributed by atoms with Gasteiger partial charge < -0.3 is 14.9 Å². The Hall–Kier alpha value is -0.120. The Morgan fingerprint density at radius 3 is 1.68 bits per heavy atom. The molecule has 4 fully saturated rings. The molecule has 0 aromatic carbocycles. The topological polar surface area (TPSA) is 33.2 Å². The second-order valence-corrected chi connectivity index (χ2v) is 10.0. The molecule has 28 heavy (non-hydrogen) atoms. The van der Waals surface area contributed by atoms with Gasteiger partial charge >= 0.3 is 0 Å². The van der Waals surface area contributed by atoms with Crippen molar-refractivity contribution in [1.29, 1.82) is 0 Å². The van der Waals surface area contributed by atoms with Crippen LogP contribution in [-0.2, 0) is 0 Å². The number of hydrogen-bond acceptors (Lipinski definition) is 2. The van der Waals surface area contributed by atoms with Gasteiger partial charge in [0, 0.05) is 24.8 Å². The minimum absolute atomic E-state index is 0. The van der Waals surface area contributed by atoms with Gasteiger partial charge in [0.1, 0.15) is 0 Å². The average molecular weight is 397 g/mol. The van der Waals surface area contributed by atoms with Crippen molar-refractivity contribution in [2.45, 2.75) is 117 Å². The van der Waals surface area contributed by atoms with Gasteiger partial charge in [0.05, 0.1) is 26.2 Å². The Bertz CT molecular complexity index is 388. The summed E-state index contributed by atoms with van der Waals surface area (Å²) in [6.07, 6.45) is 17.7. The van der Waals surface area contributed by atoms with E-state index in [4.69, 9.17) is 0 Å². The molecule has 3 nitrogen and oxygen atoms in total. The van der Waals surface area contributed by atoms with E-state index in [1.807, 2.05) is 13.8 Å². The standard InChI is InChI=1S/C12H24N.C11H21N.C2H6.H2O/c1-11-7-3-4-8-12(11)13(2)9-5-6-10-13;1-10-6-2-3-7-11(10)12-8-4-5-9-12;1-2;/h11-12H,3-10H2,1-2H3;10-11H,2-9H2,1H3;1-2H3;1H2/q+1;;;/p-1. The van der Waals surface area contributed by atoms with Crippen molar-refractivity contribution >= 4 is 0 Å². The van der Waals surface area contributed by atoms with Crippen molar-refractivity contribution < 1.29 is 9.96 Å². The van der Waals surface area contributed by atoms with Crippen LogP contribution in [0, 0.1) is 11.8 Å². The highest BCUT2D eigenvalue weighted by Gasteiger charge is 2.39. The lowest BCUT2D eigenvalue weighted by molar-refractivity contribution is -0.927. The van der Waals surface area contributed by atoms with E-state index in [1.165, 1.54) is 108 Å². The maximum atomic E-state index is 2.74. The van der Waals surface area contributed by atoms with Gasteiger partial charge in [-0.05, 0) is 64.0 Å². The SMILES string of the molecule is CC.CC1CCCCC1N1CCCC1.CC1CCCCC1[N+]1(C)CCCC1.[OH-]. The summed E-state index contributed by atoms with van der Waals surface area (Å²) < 4.78 is 1.40. The van der Waals surface area contributed by atoms with Crippen LogP contribution in [-0.4, -0.2) is 60.2 Å². The van der Waals surface area contributed by atoms with Crippen LogP contribution < -0.4 is 0 Å². The smallest absolute Gasteiger partial charge is 0.0914 e. The number of rotatable bonds is 2. The van der Waals surface area contributed by atoms with Crippen LogP contribution in [0.2, 0.25) is 0 Å². The Morgan fingerprint density at radius 2 is 1.14 bits per heavy atom. The molecule has 2 saturated carbocycles. The maximum Gasteiger partial charge on any atom is 0.0914 e. The van der Waals surface area contributed by atoms with Gasteiger partial charge in [0.2, 0.25) is 0 Å². The van der Waals surface area contributed by atoms with Crippen molar-refractivity contribution in [2.24, 2.45) is 11.8 Å². The van der Waals surface area contributed by atoms with Crippen molar-refractivity contribution in [1.82, 2.24) is 4.90 Å². The summed E-state index contributed by atoms with van der Waals surface area (Å²) in [7, 11) is 2.50. The van der Waals surface area contributed by atoms with Gasteiger partial charge in [-0.25, -0.2) is 0 Å². The maximum absolute atomic E-state index is 2.74. The molecule has 2 aliphatic heterocycles. The van der Waals surface area contributed by atoms with Gasteiger partial charge in [-0.3, -0.25) is 0 Å². The van der Waals surface area contributed by atoms with Gasteiger partial charge in [0.25, 0.3) is 0 Å². The molecule has 2 saturated heterocycles. The molecule has 3 heteroatoms. The molecule has 0 radical (unpaired) electrons. The Balaban J connectivity index is 0.000000250. The summed E-state index contributed by atoms with van der Waals surface area (Å²) in [6.45, 7) is 14.6. The third kappa shape index (κ3) is 6.99. The minimum Gasteiger partial charge on any atom is -0.870 e. The second-order valence-electron chi connectivity index (χ2n) is 10.0. The molecule has 4 atom stereocenters. The fraction of sp³-hybridized carbons (Fsp3) is 1.00. The Morgan fingerprint density at radius 1 is 0.643 bits per heavy atom. The molecule has 0 aromatic heterocycles. The molecule has 4 aliphatic rings. The summed E-state index contributed by atoms with van der Waals surface area (Å²) in [5, 5.41) is 0. The van der Waals surface area contributed by atoms with Gasteiger partial charge in [-0.15, -0.1) is 0 Å². The molecule has 168 valence electrons. The zero-order valence-corrected chi connectivity index (χ0v) is 20.0. The van der Waals surface area contributed by atoms with Gasteiger partial charge in [0.15, 0.2) is 0 Å². The number of likely N-dealkylation sites (tertiary alicyclic amines) is 2. The quantitative estimate of drug-likeness (QED) is 0.512. The minimum atomic E-state index is 0. The molecule has 1 N–H and O–H groups in total. The summed E-state index contributed by atoms with van der Waals surface area (Å²) in [4.78, 5) is 2.74. The monoisotopic (exact) mass is 396 g/mol. The average Bonchev–Trinajstić information content (AvgIpc) is 3.37. The predicted octanol–water partition coefficient (Wildman–Crippen LogP) is 6.32. The van der Waals surface area contributed by atoms with E-state index < -0.39 is 0 Å². The molecule has 2 aliphatic carbocycles. The predicted molar refractivity (Wildman–Crippen MR) is 122 cm³/mol. The third-order valence-electron chi connectivity index (χ3n) is 8.13. The van der Waals surface area contributed by atoms with E-state index in [9.17, 15) is 0 Å². The Kier molecular flexibility index (Phi) is 12.3. The molecule has 0 bridgehead atoms. The largest absolute Gasteiger partial charge is 0.870 e. The summed E-state index contributed by atoms with van der Waals surface area (Å²) >= 11 is 0. The van der Waals surface area contributed by atoms with E-state index in [-0.39, 0.29) is 5.48 Å². The van der Waals surface area contributed by atoms with Crippen molar-refractivity contribution in [2.75, 3.05) is 33.2 Å². The lowest BCUT2D eigenvalue weighted by Crippen LogP contribution is -2.53. The first kappa shape index (κ1) is 25.9. The normalized spacial score (nSPS) is 35.0. The van der Waals surface area contributed by atoms with E-state index in [0.717, 1.165) is 23.9 Å². The first-order chi connectivity index (χ1) is 13.1. The highest BCUT2D eigenvalue weighted by molar-refractivity contribution is 4.83. The number of nitrogens with zero attached hydrogens (tertiary/aromatic N) is 2. The first-order valence-corrected chi connectivity index (χ1v) is 12.7. The third-order valence-corrected chi connectivity index (χ3v) is 8.13. The lowest BCUT2D eigenvalue weighted by atomic mass is 9.84. The molecule has 0 amide bonds. The van der Waals surface area contributed by atoms with Crippen LogP contribution in [0.4, 0.5) is 0 Å². The van der Waals surface area contributed by atoms with Crippen molar-refractivity contribution in [3.8, 4) is 0 Å². The van der Waals surface area contributed by atoms with Crippen molar-refractivity contribution in [3.05, 3.63) is 0 Å². The first-order valence-electron chi connectivity index (χ1n) is 12.7. The van der Waals surface area contributed by atoms with Crippen LogP contribution in [0.1, 0.15) is 105 Å². The highest BCUT2D eigenvalue weighted by Crippen LogP contribution is 2.34. The molecule has 2 heterocycles. The molecule has 4 rings (SSSR count). The zero-order valence-electron chi connectivity index (χ0n) is 20.0. The molecule has 0 spiro atoms. The highest BCUT2D eigenvalue weighted by atomic mass is 16.0. The molecule has 0 aromatic rings. The van der Waals surface area contributed by atoms with Crippen LogP contribution in [0.5, 0.6) is 0 Å². The lowest BCUT2D eigenvalue weighted by Gasteiger charge is -2.43. The van der Waals surface area contributed by atoms with Gasteiger partial charge in [-0.2, -0.15) is 0 Å². The molecular formula is C25H52N2O. The van der Waals surface area contributed by atoms with E-state index in [2.05, 4.69) is 25.8 Å². The molecule has 4 unspecified atom stereocenters. The van der Waals surface area contributed by atoms with Crippen molar-refractivity contribution in [3.63, 3.8) is 0 Å². The Labute approximate surface area is 177 Å². The van der Waals surface area contributed by atoms with Crippen LogP contribution >= 0.6 is 0 Å². The summed E-state index contributed by atoms with van der Waals surface area (Å²) in [6, 6.07) is 1.94. The fourth-order valence-electron chi connectivity index (χ4n) is 6.52. The summed E-state index contributed by atoms with van der Waals surface area (Å²) in [5.74, 6) is 1.95. The van der Waals surface area contributed by atoms with E-state index in [1.54, 1.807) is 0 Å². The second kappa shape index (κ2) is 13.2. The number of quaternary nitrogens is 1. The fourth-order valence-corrected chi connectivity index (χ4v) is 6.52. The van der Waals surface area contributed by atoms with Crippen LogP contribution in [0.15, 0.2) is 0 Å². The summed E-state index contributed by atoms with van der Waals surface area (Å²) in [5.41, 5.74) is 0. The van der Waals surface area contributed by atoms with Crippen LogP contribution in [0.25, 0.3) is 0 Å². The molecular weight excluding hydrogens is 344 g/mol.